The lowest BCUT2D eigenvalue weighted by Crippen LogP contribution is -2.31. The van der Waals surface area contributed by atoms with Crippen molar-refractivity contribution >= 4 is 11.6 Å². The van der Waals surface area contributed by atoms with Crippen molar-refractivity contribution in [2.24, 2.45) is 0 Å². The second kappa shape index (κ2) is 8.34. The summed E-state index contributed by atoms with van der Waals surface area (Å²) < 4.78 is 26.4. The molecule has 6 heteroatoms. The van der Waals surface area contributed by atoms with Crippen LogP contribution in [0.3, 0.4) is 0 Å². The normalized spacial score (nSPS) is 13.8. The third-order valence-corrected chi connectivity index (χ3v) is 3.86. The summed E-state index contributed by atoms with van der Waals surface area (Å²) in [6.07, 6.45) is 2.37. The Morgan fingerprint density at radius 2 is 2.04 bits per heavy atom. The highest BCUT2D eigenvalue weighted by molar-refractivity contribution is 6.29. The predicted octanol–water partition coefficient (Wildman–Crippen LogP) is 3.66. The van der Waals surface area contributed by atoms with E-state index in [4.69, 9.17) is 11.6 Å². The lowest BCUT2D eigenvalue weighted by molar-refractivity contribution is 0.165. The van der Waals surface area contributed by atoms with Crippen LogP contribution < -0.4 is 5.32 Å². The summed E-state index contributed by atoms with van der Waals surface area (Å²) in [5.41, 5.74) is 1.17. The monoisotopic (exact) mass is 340 g/mol. The van der Waals surface area contributed by atoms with Gasteiger partial charge in [0.25, 0.3) is 0 Å². The van der Waals surface area contributed by atoms with Crippen LogP contribution in [-0.4, -0.2) is 22.7 Å². The molecule has 0 radical (unpaired) electrons. The SMILES string of the molecule is CC(CCc1ccc(Cl)nc1)NCC(O)c1ccc(F)cc1F. The minimum atomic E-state index is -1.02. The van der Waals surface area contributed by atoms with Crippen molar-refractivity contribution in [1.82, 2.24) is 10.3 Å². The average molecular weight is 341 g/mol. The molecule has 1 aromatic carbocycles. The van der Waals surface area contributed by atoms with Crippen LogP contribution in [0.25, 0.3) is 0 Å². The van der Waals surface area contributed by atoms with Crippen LogP contribution in [0, 0.1) is 11.6 Å². The summed E-state index contributed by atoms with van der Waals surface area (Å²) in [6, 6.07) is 6.97. The van der Waals surface area contributed by atoms with Gasteiger partial charge in [0, 0.05) is 30.4 Å². The van der Waals surface area contributed by atoms with Crippen LogP contribution in [0.1, 0.15) is 30.6 Å². The van der Waals surface area contributed by atoms with Crippen LogP contribution in [0.4, 0.5) is 8.78 Å². The minimum absolute atomic E-state index is 0.0907. The second-order valence-electron chi connectivity index (χ2n) is 5.52. The number of hydrogen-bond acceptors (Lipinski definition) is 3. The largest absolute Gasteiger partial charge is 0.387 e. The highest BCUT2D eigenvalue weighted by Crippen LogP contribution is 2.17. The van der Waals surface area contributed by atoms with Crippen molar-refractivity contribution in [3.63, 3.8) is 0 Å². The number of hydrogen-bond donors (Lipinski definition) is 2. The van der Waals surface area contributed by atoms with Crippen molar-refractivity contribution in [3.8, 4) is 0 Å². The van der Waals surface area contributed by atoms with Gasteiger partial charge in [-0.1, -0.05) is 23.7 Å². The molecule has 3 nitrogen and oxygen atoms in total. The summed E-state index contributed by atoms with van der Waals surface area (Å²) in [5.74, 6) is -1.39. The molecule has 2 N–H and O–H groups in total. The lowest BCUT2D eigenvalue weighted by Gasteiger charge is -2.18. The fraction of sp³-hybridized carbons (Fsp3) is 0.353. The predicted molar refractivity (Wildman–Crippen MR) is 86.4 cm³/mol. The first-order valence-corrected chi connectivity index (χ1v) is 7.80. The Morgan fingerprint density at radius 1 is 1.26 bits per heavy atom. The maximum absolute atomic E-state index is 13.6. The van der Waals surface area contributed by atoms with E-state index in [1.807, 2.05) is 13.0 Å². The molecule has 0 amide bonds. The molecular weight excluding hydrogens is 322 g/mol. The van der Waals surface area contributed by atoms with Gasteiger partial charge in [-0.25, -0.2) is 13.8 Å². The molecule has 0 bridgehead atoms. The topological polar surface area (TPSA) is 45.2 Å². The number of nitrogens with zero attached hydrogens (tertiary/aromatic N) is 1. The highest BCUT2D eigenvalue weighted by atomic mass is 35.5. The molecule has 0 aliphatic rings. The molecule has 0 aliphatic carbocycles. The van der Waals surface area contributed by atoms with Crippen molar-refractivity contribution < 1.29 is 13.9 Å². The van der Waals surface area contributed by atoms with Gasteiger partial charge in [-0.15, -0.1) is 0 Å². The van der Waals surface area contributed by atoms with E-state index in [9.17, 15) is 13.9 Å². The standard InChI is InChI=1S/C17H19ClF2N2O/c1-11(2-3-12-4-7-17(18)22-9-12)21-10-16(23)14-6-5-13(19)8-15(14)20/h4-9,11,16,21,23H,2-3,10H2,1H3. The van der Waals surface area contributed by atoms with Gasteiger partial charge < -0.3 is 10.4 Å². The Morgan fingerprint density at radius 3 is 2.70 bits per heavy atom. The van der Waals surface area contributed by atoms with Crippen molar-refractivity contribution in [1.29, 1.82) is 0 Å². The number of benzene rings is 1. The van der Waals surface area contributed by atoms with E-state index >= 15 is 0 Å². The molecule has 23 heavy (non-hydrogen) atoms. The zero-order chi connectivity index (χ0) is 16.8. The van der Waals surface area contributed by atoms with Crippen LogP contribution >= 0.6 is 11.6 Å². The smallest absolute Gasteiger partial charge is 0.131 e. The lowest BCUT2D eigenvalue weighted by atomic mass is 10.1. The average Bonchev–Trinajstić information content (AvgIpc) is 2.52. The maximum atomic E-state index is 13.6. The van der Waals surface area contributed by atoms with Crippen LogP contribution in [0.2, 0.25) is 5.15 Å². The number of pyridine rings is 1. The van der Waals surface area contributed by atoms with Crippen LogP contribution in [0.5, 0.6) is 0 Å². The van der Waals surface area contributed by atoms with Crippen molar-refractivity contribution in [3.05, 3.63) is 64.4 Å². The van der Waals surface area contributed by atoms with E-state index in [2.05, 4.69) is 10.3 Å². The molecule has 2 rings (SSSR count). The number of aliphatic hydroxyl groups excluding tert-OH is 1. The molecule has 2 atom stereocenters. The Labute approximate surface area is 139 Å². The van der Waals surface area contributed by atoms with Crippen LogP contribution in [-0.2, 0) is 6.42 Å². The summed E-state index contributed by atoms with van der Waals surface area (Å²) in [6.45, 7) is 2.18. The zero-order valence-electron chi connectivity index (χ0n) is 12.8. The van der Waals surface area contributed by atoms with Gasteiger partial charge in [0.15, 0.2) is 0 Å². The van der Waals surface area contributed by atoms with E-state index in [1.165, 1.54) is 6.07 Å². The quantitative estimate of drug-likeness (QED) is 0.756. The van der Waals surface area contributed by atoms with Crippen molar-refractivity contribution in [2.45, 2.75) is 31.9 Å². The van der Waals surface area contributed by atoms with Crippen LogP contribution in [0.15, 0.2) is 36.5 Å². The molecular formula is C17H19ClF2N2O. The number of rotatable bonds is 7. The zero-order valence-corrected chi connectivity index (χ0v) is 13.5. The van der Waals surface area contributed by atoms with Gasteiger partial charge >= 0.3 is 0 Å². The van der Waals surface area contributed by atoms with Gasteiger partial charge in [0.05, 0.1) is 6.10 Å². The Kier molecular flexibility index (Phi) is 6.45. The van der Waals surface area contributed by atoms with E-state index < -0.39 is 17.7 Å². The van der Waals surface area contributed by atoms with Gasteiger partial charge in [-0.3, -0.25) is 0 Å². The molecule has 1 heterocycles. The summed E-state index contributed by atoms with van der Waals surface area (Å²) in [5, 5.41) is 13.6. The number of halogens is 3. The number of nitrogens with one attached hydrogen (secondary N) is 1. The highest BCUT2D eigenvalue weighted by Gasteiger charge is 2.14. The Bertz CT molecular complexity index is 637. The van der Waals surface area contributed by atoms with Gasteiger partial charge in [0.1, 0.15) is 16.8 Å². The molecule has 0 fully saturated rings. The van der Waals surface area contributed by atoms with Gasteiger partial charge in [-0.2, -0.15) is 0 Å². The number of aromatic nitrogens is 1. The number of aliphatic hydroxyl groups is 1. The molecule has 1 aromatic heterocycles. The molecule has 0 aliphatic heterocycles. The summed E-state index contributed by atoms with van der Waals surface area (Å²) in [7, 11) is 0. The third-order valence-electron chi connectivity index (χ3n) is 3.64. The molecule has 0 saturated heterocycles. The van der Waals surface area contributed by atoms with Gasteiger partial charge in [-0.05, 0) is 37.5 Å². The Balaban J connectivity index is 1.79. The molecule has 2 unspecified atom stereocenters. The van der Waals surface area contributed by atoms with Gasteiger partial charge in [0.2, 0.25) is 0 Å². The molecule has 0 spiro atoms. The van der Waals surface area contributed by atoms with E-state index in [-0.39, 0.29) is 18.2 Å². The maximum Gasteiger partial charge on any atom is 0.131 e. The fourth-order valence-electron chi connectivity index (χ4n) is 2.23. The van der Waals surface area contributed by atoms with Crippen molar-refractivity contribution in [2.75, 3.05) is 6.54 Å². The summed E-state index contributed by atoms with van der Waals surface area (Å²) >= 11 is 5.73. The molecule has 2 aromatic rings. The van der Waals surface area contributed by atoms with E-state index in [0.717, 1.165) is 30.5 Å². The van der Waals surface area contributed by atoms with E-state index in [1.54, 1.807) is 12.3 Å². The van der Waals surface area contributed by atoms with E-state index in [0.29, 0.717) is 5.15 Å². The molecule has 124 valence electrons. The minimum Gasteiger partial charge on any atom is -0.387 e. The number of aryl methyl sites for hydroxylation is 1. The second-order valence-corrected chi connectivity index (χ2v) is 5.91. The first-order chi connectivity index (χ1) is 11.0. The first kappa shape index (κ1) is 17.8. The Hall–Kier alpha value is -1.56. The molecule has 0 saturated carbocycles. The third kappa shape index (κ3) is 5.53. The first-order valence-electron chi connectivity index (χ1n) is 7.42. The fourth-order valence-corrected chi connectivity index (χ4v) is 2.35. The summed E-state index contributed by atoms with van der Waals surface area (Å²) in [4.78, 5) is 4.02.